The number of benzene rings is 1. The summed E-state index contributed by atoms with van der Waals surface area (Å²) in [7, 11) is 0. The van der Waals surface area contributed by atoms with E-state index in [4.69, 9.17) is 4.74 Å². The molecule has 2 rings (SSSR count). The van der Waals surface area contributed by atoms with Crippen molar-refractivity contribution in [1.29, 1.82) is 0 Å². The highest BCUT2D eigenvalue weighted by atomic mass is 19.1. The lowest BCUT2D eigenvalue weighted by atomic mass is 10.00. The molecule has 0 radical (unpaired) electrons. The van der Waals surface area contributed by atoms with Gasteiger partial charge in [0.2, 0.25) is 5.91 Å². The van der Waals surface area contributed by atoms with Gasteiger partial charge in [-0.2, -0.15) is 0 Å². The summed E-state index contributed by atoms with van der Waals surface area (Å²) < 4.78 is 18.4. The highest BCUT2D eigenvalue weighted by molar-refractivity contribution is 5.76. The van der Waals surface area contributed by atoms with Crippen LogP contribution in [0.3, 0.4) is 0 Å². The van der Waals surface area contributed by atoms with Gasteiger partial charge in [-0.15, -0.1) is 0 Å². The molecule has 1 aliphatic rings. The molecule has 2 unspecified atom stereocenters. The molecule has 1 aliphatic heterocycles. The summed E-state index contributed by atoms with van der Waals surface area (Å²) in [4.78, 5) is 11.9. The first-order valence-corrected chi connectivity index (χ1v) is 7.56. The fourth-order valence-corrected chi connectivity index (χ4v) is 2.50. The third kappa shape index (κ3) is 5.34. The molecular formula is C16H23FN2O2. The Labute approximate surface area is 125 Å². The molecule has 0 aliphatic carbocycles. The maximum Gasteiger partial charge on any atom is 0.220 e. The molecule has 1 saturated heterocycles. The lowest BCUT2D eigenvalue weighted by Gasteiger charge is -2.30. The number of ether oxygens (including phenoxy) is 1. The molecule has 21 heavy (non-hydrogen) atoms. The predicted octanol–water partition coefficient (Wildman–Crippen LogP) is 2.24. The molecule has 2 atom stereocenters. The second kappa shape index (κ2) is 7.98. The van der Waals surface area contributed by atoms with Crippen molar-refractivity contribution in [1.82, 2.24) is 10.6 Å². The minimum Gasteiger partial charge on any atom is -0.493 e. The molecule has 1 heterocycles. The van der Waals surface area contributed by atoms with E-state index in [1.54, 1.807) is 12.1 Å². The van der Waals surface area contributed by atoms with Crippen molar-refractivity contribution in [3.63, 3.8) is 0 Å². The van der Waals surface area contributed by atoms with Crippen molar-refractivity contribution in [2.75, 3.05) is 13.2 Å². The Morgan fingerprint density at radius 1 is 1.52 bits per heavy atom. The molecule has 116 valence electrons. The molecule has 2 N–H and O–H groups in total. The van der Waals surface area contributed by atoms with Crippen LogP contribution >= 0.6 is 0 Å². The standard InChI is InChI=1S/C16H23FN2O2/c1-12-15(7-3-9-18-12)19-16(20)8-4-10-21-14-6-2-5-13(17)11-14/h2,5-6,11-12,15,18H,3-4,7-10H2,1H3,(H,19,20). The minimum atomic E-state index is -0.316. The van der Waals surface area contributed by atoms with Crippen molar-refractivity contribution < 1.29 is 13.9 Å². The monoisotopic (exact) mass is 294 g/mol. The fourth-order valence-electron chi connectivity index (χ4n) is 2.50. The van der Waals surface area contributed by atoms with E-state index in [1.165, 1.54) is 12.1 Å². The Hall–Kier alpha value is -1.62. The summed E-state index contributed by atoms with van der Waals surface area (Å²) in [6.45, 7) is 3.53. The van der Waals surface area contributed by atoms with Crippen molar-refractivity contribution in [3.05, 3.63) is 30.1 Å². The smallest absolute Gasteiger partial charge is 0.220 e. The summed E-state index contributed by atoms with van der Waals surface area (Å²) >= 11 is 0. The van der Waals surface area contributed by atoms with E-state index in [9.17, 15) is 9.18 Å². The number of halogens is 1. The van der Waals surface area contributed by atoms with Crippen molar-refractivity contribution >= 4 is 5.91 Å². The Morgan fingerprint density at radius 3 is 3.14 bits per heavy atom. The van der Waals surface area contributed by atoms with Crippen LogP contribution in [0.5, 0.6) is 5.75 Å². The quantitative estimate of drug-likeness (QED) is 0.791. The van der Waals surface area contributed by atoms with Crippen molar-refractivity contribution in [2.24, 2.45) is 0 Å². The van der Waals surface area contributed by atoms with Gasteiger partial charge >= 0.3 is 0 Å². The van der Waals surface area contributed by atoms with E-state index in [0.29, 0.717) is 31.2 Å². The van der Waals surface area contributed by atoms with Crippen molar-refractivity contribution in [2.45, 2.75) is 44.7 Å². The number of nitrogens with one attached hydrogen (secondary N) is 2. The van der Waals surface area contributed by atoms with E-state index in [1.807, 2.05) is 0 Å². The van der Waals surface area contributed by atoms with Gasteiger partial charge < -0.3 is 15.4 Å². The average Bonchev–Trinajstić information content (AvgIpc) is 2.46. The highest BCUT2D eigenvalue weighted by Crippen LogP contribution is 2.12. The van der Waals surface area contributed by atoms with Crippen molar-refractivity contribution in [3.8, 4) is 5.75 Å². The van der Waals surface area contributed by atoms with Crippen LogP contribution in [0.25, 0.3) is 0 Å². The zero-order valence-electron chi connectivity index (χ0n) is 12.4. The van der Waals surface area contributed by atoms with Gasteiger partial charge in [0, 0.05) is 24.6 Å². The largest absolute Gasteiger partial charge is 0.493 e. The van der Waals surface area contributed by atoms with E-state index >= 15 is 0 Å². The average molecular weight is 294 g/mol. The second-order valence-corrected chi connectivity index (χ2v) is 5.47. The topological polar surface area (TPSA) is 50.4 Å². The van der Waals surface area contributed by atoms with Crippen LogP contribution in [-0.2, 0) is 4.79 Å². The van der Waals surface area contributed by atoms with Crippen LogP contribution < -0.4 is 15.4 Å². The lowest BCUT2D eigenvalue weighted by Crippen LogP contribution is -2.51. The number of carbonyl (C=O) groups is 1. The number of hydrogen-bond acceptors (Lipinski definition) is 3. The van der Waals surface area contributed by atoms with E-state index in [-0.39, 0.29) is 17.8 Å². The molecule has 1 fully saturated rings. The second-order valence-electron chi connectivity index (χ2n) is 5.47. The van der Waals surface area contributed by atoms with E-state index in [0.717, 1.165) is 19.4 Å². The first-order chi connectivity index (χ1) is 10.1. The van der Waals surface area contributed by atoms with Gasteiger partial charge in [0.1, 0.15) is 11.6 Å². The van der Waals surface area contributed by atoms with Gasteiger partial charge in [-0.1, -0.05) is 6.07 Å². The van der Waals surface area contributed by atoms with Crippen LogP contribution in [0.2, 0.25) is 0 Å². The molecule has 1 aromatic carbocycles. The molecular weight excluding hydrogens is 271 g/mol. The first-order valence-electron chi connectivity index (χ1n) is 7.56. The van der Waals surface area contributed by atoms with Crippen LogP contribution in [0.15, 0.2) is 24.3 Å². The molecule has 0 saturated carbocycles. The maximum absolute atomic E-state index is 13.0. The Bertz CT molecular complexity index is 467. The molecule has 4 nitrogen and oxygen atoms in total. The summed E-state index contributed by atoms with van der Waals surface area (Å²) in [5, 5.41) is 6.42. The van der Waals surface area contributed by atoms with Gasteiger partial charge in [-0.3, -0.25) is 4.79 Å². The van der Waals surface area contributed by atoms with Crippen LogP contribution in [-0.4, -0.2) is 31.1 Å². The number of amides is 1. The molecule has 1 aromatic rings. The Morgan fingerprint density at radius 2 is 2.38 bits per heavy atom. The lowest BCUT2D eigenvalue weighted by molar-refractivity contribution is -0.122. The maximum atomic E-state index is 13.0. The zero-order chi connectivity index (χ0) is 15.1. The summed E-state index contributed by atoms with van der Waals surface area (Å²) in [6, 6.07) is 6.57. The third-order valence-corrected chi connectivity index (χ3v) is 3.72. The zero-order valence-corrected chi connectivity index (χ0v) is 12.4. The number of piperidine rings is 1. The van der Waals surface area contributed by atoms with E-state index in [2.05, 4.69) is 17.6 Å². The Balaban J connectivity index is 1.63. The molecule has 1 amide bonds. The van der Waals surface area contributed by atoms with Gasteiger partial charge in [-0.25, -0.2) is 4.39 Å². The van der Waals surface area contributed by atoms with Gasteiger partial charge in [0.25, 0.3) is 0 Å². The third-order valence-electron chi connectivity index (χ3n) is 3.72. The van der Waals surface area contributed by atoms with Crippen LogP contribution in [0.1, 0.15) is 32.6 Å². The summed E-state index contributed by atoms with van der Waals surface area (Å²) in [5.74, 6) is 0.239. The fraction of sp³-hybridized carbons (Fsp3) is 0.562. The number of carbonyl (C=O) groups excluding carboxylic acids is 1. The first kappa shape index (κ1) is 15.8. The summed E-state index contributed by atoms with van der Waals surface area (Å²) in [5.41, 5.74) is 0. The van der Waals surface area contributed by atoms with Crippen LogP contribution in [0, 0.1) is 5.82 Å². The number of rotatable bonds is 6. The van der Waals surface area contributed by atoms with Crippen LogP contribution in [0.4, 0.5) is 4.39 Å². The normalized spacial score (nSPS) is 21.8. The van der Waals surface area contributed by atoms with Gasteiger partial charge in [-0.05, 0) is 44.9 Å². The highest BCUT2D eigenvalue weighted by Gasteiger charge is 2.21. The molecule has 5 heteroatoms. The molecule has 0 aromatic heterocycles. The minimum absolute atomic E-state index is 0.0541. The molecule has 0 bridgehead atoms. The van der Waals surface area contributed by atoms with Gasteiger partial charge in [0.05, 0.1) is 6.61 Å². The molecule has 0 spiro atoms. The van der Waals surface area contributed by atoms with Gasteiger partial charge in [0.15, 0.2) is 0 Å². The van der Waals surface area contributed by atoms with E-state index < -0.39 is 0 Å². The number of hydrogen-bond donors (Lipinski definition) is 2. The SMILES string of the molecule is CC1NCCCC1NC(=O)CCCOc1cccc(F)c1. The Kier molecular flexibility index (Phi) is 5.99. The summed E-state index contributed by atoms with van der Waals surface area (Å²) in [6.07, 6.45) is 3.17. The predicted molar refractivity (Wildman–Crippen MR) is 79.8 cm³/mol.